The first-order valence-electron chi connectivity index (χ1n) is 9.52. The molecule has 2 amide bonds. The molecule has 156 valence electrons. The molecule has 2 N–H and O–H groups in total. The van der Waals surface area contributed by atoms with Crippen LogP contribution in [0.25, 0.3) is 0 Å². The normalized spacial score (nSPS) is 14.7. The summed E-state index contributed by atoms with van der Waals surface area (Å²) >= 11 is 0. The van der Waals surface area contributed by atoms with Gasteiger partial charge in [0.25, 0.3) is 5.91 Å². The fourth-order valence-electron chi connectivity index (χ4n) is 3.46. The first-order valence-corrected chi connectivity index (χ1v) is 9.52. The maximum atomic E-state index is 12.8. The van der Waals surface area contributed by atoms with Crippen molar-refractivity contribution < 1.29 is 14.3 Å². The van der Waals surface area contributed by atoms with Gasteiger partial charge < -0.3 is 20.3 Å². The van der Waals surface area contributed by atoms with Crippen LogP contribution in [0.2, 0.25) is 0 Å². The number of benzene rings is 2. The number of rotatable bonds is 5. The highest BCUT2D eigenvalue weighted by Gasteiger charge is 2.28. The average molecular weight is 418 g/mol. The summed E-state index contributed by atoms with van der Waals surface area (Å²) in [6.45, 7) is 3.93. The first-order chi connectivity index (χ1) is 13.5. The van der Waals surface area contributed by atoms with Crippen LogP contribution >= 0.6 is 12.4 Å². The largest absolute Gasteiger partial charge is 0.496 e. The Hall–Kier alpha value is -2.57. The number of amides is 2. The molecule has 1 saturated heterocycles. The molecular weight excluding hydrogens is 390 g/mol. The van der Waals surface area contributed by atoms with Crippen molar-refractivity contribution in [3.8, 4) is 5.75 Å². The van der Waals surface area contributed by atoms with E-state index in [1.54, 1.807) is 23.0 Å². The number of halogens is 1. The van der Waals surface area contributed by atoms with Crippen molar-refractivity contribution in [1.29, 1.82) is 0 Å². The Bertz CT molecular complexity index is 836. The smallest absolute Gasteiger partial charge is 0.254 e. The number of hydrogen-bond donors (Lipinski definition) is 1. The van der Waals surface area contributed by atoms with Crippen molar-refractivity contribution in [2.75, 3.05) is 33.3 Å². The van der Waals surface area contributed by atoms with E-state index >= 15 is 0 Å². The first kappa shape index (κ1) is 22.7. The SMILES string of the molecule is COc1cc(C(=O)N2CCN(C(=O)[C@@H](N)Cc3ccccc3)CC2)ccc1C.Cl. The van der Waals surface area contributed by atoms with Gasteiger partial charge in [-0.3, -0.25) is 9.59 Å². The van der Waals surface area contributed by atoms with Crippen LogP contribution in [-0.4, -0.2) is 60.9 Å². The lowest BCUT2D eigenvalue weighted by Crippen LogP contribution is -2.54. The van der Waals surface area contributed by atoms with E-state index in [4.69, 9.17) is 10.5 Å². The van der Waals surface area contributed by atoms with Crippen LogP contribution in [0.15, 0.2) is 48.5 Å². The summed E-state index contributed by atoms with van der Waals surface area (Å²) in [6.07, 6.45) is 0.516. The third-order valence-electron chi connectivity index (χ3n) is 5.15. The Morgan fingerprint density at radius 1 is 1.03 bits per heavy atom. The molecule has 1 heterocycles. The Morgan fingerprint density at radius 2 is 1.66 bits per heavy atom. The van der Waals surface area contributed by atoms with Gasteiger partial charge in [-0.2, -0.15) is 0 Å². The van der Waals surface area contributed by atoms with Gasteiger partial charge >= 0.3 is 0 Å². The van der Waals surface area contributed by atoms with E-state index in [0.717, 1.165) is 11.1 Å². The summed E-state index contributed by atoms with van der Waals surface area (Å²) in [5, 5.41) is 0. The standard InChI is InChI=1S/C22H27N3O3.ClH/c1-16-8-9-18(15-20(16)28-2)21(26)24-10-12-25(13-11-24)22(27)19(23)14-17-6-4-3-5-7-17;/h3-9,15,19H,10-14,23H2,1-2H3;1H/t19-;/m0./s1. The van der Waals surface area contributed by atoms with E-state index in [2.05, 4.69) is 0 Å². The molecule has 2 aromatic rings. The Kier molecular flexibility index (Phi) is 8.05. The number of carbonyl (C=O) groups is 2. The minimum absolute atomic E-state index is 0. The number of methoxy groups -OCH3 is 1. The Morgan fingerprint density at radius 3 is 2.28 bits per heavy atom. The van der Waals surface area contributed by atoms with Gasteiger partial charge in [0.2, 0.25) is 5.91 Å². The van der Waals surface area contributed by atoms with Crippen LogP contribution in [0, 0.1) is 6.92 Å². The van der Waals surface area contributed by atoms with Crippen molar-refractivity contribution in [3.05, 3.63) is 65.2 Å². The van der Waals surface area contributed by atoms with Crippen LogP contribution in [0.3, 0.4) is 0 Å². The van der Waals surface area contributed by atoms with Gasteiger partial charge in [0, 0.05) is 31.7 Å². The second-order valence-corrected chi connectivity index (χ2v) is 7.10. The molecule has 0 spiro atoms. The van der Waals surface area contributed by atoms with Crippen molar-refractivity contribution in [2.45, 2.75) is 19.4 Å². The molecule has 0 saturated carbocycles. The molecule has 0 aliphatic carbocycles. The maximum absolute atomic E-state index is 12.8. The van der Waals surface area contributed by atoms with Crippen LogP contribution in [-0.2, 0) is 11.2 Å². The quantitative estimate of drug-likeness (QED) is 0.809. The lowest BCUT2D eigenvalue weighted by Gasteiger charge is -2.36. The van der Waals surface area contributed by atoms with Gasteiger partial charge in [-0.15, -0.1) is 12.4 Å². The highest BCUT2D eigenvalue weighted by atomic mass is 35.5. The van der Waals surface area contributed by atoms with Crippen molar-refractivity contribution in [1.82, 2.24) is 9.80 Å². The number of ether oxygens (including phenoxy) is 1. The molecule has 0 aromatic heterocycles. The third kappa shape index (κ3) is 5.49. The fourth-order valence-corrected chi connectivity index (χ4v) is 3.46. The van der Waals surface area contributed by atoms with Crippen LogP contribution in [0.5, 0.6) is 5.75 Å². The summed E-state index contributed by atoms with van der Waals surface area (Å²) < 4.78 is 5.31. The highest BCUT2D eigenvalue weighted by molar-refractivity contribution is 5.95. The van der Waals surface area contributed by atoms with E-state index in [1.165, 1.54) is 0 Å². The zero-order chi connectivity index (χ0) is 20.1. The molecule has 7 heteroatoms. The van der Waals surface area contributed by atoms with Gasteiger partial charge in [-0.05, 0) is 36.6 Å². The highest BCUT2D eigenvalue weighted by Crippen LogP contribution is 2.20. The van der Waals surface area contributed by atoms with Gasteiger partial charge in [0.15, 0.2) is 0 Å². The van der Waals surface area contributed by atoms with Crippen molar-refractivity contribution in [3.63, 3.8) is 0 Å². The van der Waals surface area contributed by atoms with E-state index in [-0.39, 0.29) is 24.2 Å². The lowest BCUT2D eigenvalue weighted by atomic mass is 10.1. The number of carbonyl (C=O) groups excluding carboxylic acids is 2. The number of piperazine rings is 1. The van der Waals surface area contributed by atoms with Gasteiger partial charge in [-0.1, -0.05) is 36.4 Å². The molecule has 0 radical (unpaired) electrons. The zero-order valence-electron chi connectivity index (χ0n) is 16.8. The molecule has 0 bridgehead atoms. The fraction of sp³-hybridized carbons (Fsp3) is 0.364. The second kappa shape index (κ2) is 10.3. The van der Waals surface area contributed by atoms with E-state index in [1.807, 2.05) is 49.4 Å². The summed E-state index contributed by atoms with van der Waals surface area (Å²) in [6, 6.07) is 14.7. The molecule has 0 unspecified atom stereocenters. The molecule has 6 nitrogen and oxygen atoms in total. The van der Waals surface area contributed by atoms with Crippen LogP contribution in [0.4, 0.5) is 0 Å². The Labute approximate surface area is 178 Å². The Balaban J connectivity index is 0.00000300. The van der Waals surface area contributed by atoms with Gasteiger partial charge in [0.1, 0.15) is 5.75 Å². The molecule has 1 atom stereocenters. The third-order valence-corrected chi connectivity index (χ3v) is 5.15. The van der Waals surface area contributed by atoms with Gasteiger partial charge in [-0.25, -0.2) is 0 Å². The number of hydrogen-bond acceptors (Lipinski definition) is 4. The summed E-state index contributed by atoms with van der Waals surface area (Å²) in [5.74, 6) is 0.596. The molecule has 1 fully saturated rings. The second-order valence-electron chi connectivity index (χ2n) is 7.10. The van der Waals surface area contributed by atoms with Crippen LogP contribution < -0.4 is 10.5 Å². The molecule has 2 aromatic carbocycles. The van der Waals surface area contributed by atoms with E-state index in [0.29, 0.717) is 43.9 Å². The molecule has 3 rings (SSSR count). The number of nitrogens with zero attached hydrogens (tertiary/aromatic N) is 2. The monoisotopic (exact) mass is 417 g/mol. The predicted octanol–water partition coefficient (Wildman–Crippen LogP) is 2.28. The average Bonchev–Trinajstić information content (AvgIpc) is 2.74. The van der Waals surface area contributed by atoms with Crippen LogP contribution in [0.1, 0.15) is 21.5 Å². The molecule has 29 heavy (non-hydrogen) atoms. The summed E-state index contributed by atoms with van der Waals surface area (Å²) in [7, 11) is 1.60. The minimum Gasteiger partial charge on any atom is -0.496 e. The predicted molar refractivity (Wildman–Crippen MR) is 116 cm³/mol. The maximum Gasteiger partial charge on any atom is 0.254 e. The molecular formula is C22H28ClN3O3. The van der Waals surface area contributed by atoms with Gasteiger partial charge in [0.05, 0.1) is 13.2 Å². The number of aryl methyl sites for hydroxylation is 1. The zero-order valence-corrected chi connectivity index (χ0v) is 17.7. The van der Waals surface area contributed by atoms with E-state index in [9.17, 15) is 9.59 Å². The van der Waals surface area contributed by atoms with E-state index < -0.39 is 6.04 Å². The van der Waals surface area contributed by atoms with Crippen molar-refractivity contribution >= 4 is 24.2 Å². The molecule has 1 aliphatic heterocycles. The summed E-state index contributed by atoms with van der Waals surface area (Å²) in [5.41, 5.74) is 8.76. The topological polar surface area (TPSA) is 75.9 Å². The minimum atomic E-state index is -0.564. The molecule has 1 aliphatic rings. The summed E-state index contributed by atoms with van der Waals surface area (Å²) in [4.78, 5) is 29.0. The van der Waals surface area contributed by atoms with Crippen molar-refractivity contribution in [2.24, 2.45) is 5.73 Å². The number of nitrogens with two attached hydrogens (primary N) is 1. The lowest BCUT2D eigenvalue weighted by molar-refractivity contribution is -0.134.